The zero-order valence-corrected chi connectivity index (χ0v) is 18.6. The number of nitrogens with zero attached hydrogens (tertiary/aromatic N) is 3. The second-order valence-electron chi connectivity index (χ2n) is 7.13. The van der Waals surface area contributed by atoms with Gasteiger partial charge >= 0.3 is 0 Å². The quantitative estimate of drug-likeness (QED) is 0.571. The Morgan fingerprint density at radius 1 is 1.00 bits per heavy atom. The Morgan fingerprint density at radius 3 is 2.30 bits per heavy atom. The summed E-state index contributed by atoms with van der Waals surface area (Å²) >= 11 is 0. The van der Waals surface area contributed by atoms with Crippen molar-refractivity contribution < 1.29 is 17.9 Å². The van der Waals surface area contributed by atoms with Crippen molar-refractivity contribution in [3.63, 3.8) is 0 Å². The van der Waals surface area contributed by atoms with Crippen LogP contribution in [0.5, 0.6) is 11.5 Å². The Labute approximate surface area is 178 Å². The third-order valence-corrected chi connectivity index (χ3v) is 6.66. The molecule has 0 atom stereocenters. The molecule has 0 radical (unpaired) electrons. The van der Waals surface area contributed by atoms with E-state index in [-0.39, 0.29) is 10.9 Å². The maximum absolute atomic E-state index is 12.7. The minimum atomic E-state index is -3.97. The molecule has 1 fully saturated rings. The van der Waals surface area contributed by atoms with Crippen molar-refractivity contribution in [3.8, 4) is 11.5 Å². The van der Waals surface area contributed by atoms with Gasteiger partial charge in [0.05, 0.1) is 19.1 Å². The Balaban J connectivity index is 1.74. The average Bonchev–Trinajstić information content (AvgIpc) is 2.75. The fourth-order valence-corrected chi connectivity index (χ4v) is 4.43. The first-order valence-corrected chi connectivity index (χ1v) is 11.1. The van der Waals surface area contributed by atoms with Crippen molar-refractivity contribution in [2.75, 3.05) is 45.3 Å². The van der Waals surface area contributed by atoms with Gasteiger partial charge in [-0.05, 0) is 43.2 Å². The number of sulfonamides is 1. The van der Waals surface area contributed by atoms with Gasteiger partial charge in [-0.2, -0.15) is 8.42 Å². The zero-order chi connectivity index (χ0) is 21.9. The van der Waals surface area contributed by atoms with E-state index in [0.29, 0.717) is 24.6 Å². The molecular weight excluding hydrogens is 404 g/mol. The van der Waals surface area contributed by atoms with Crippen LogP contribution < -0.4 is 20.1 Å². The first-order valence-electron chi connectivity index (χ1n) is 9.65. The summed E-state index contributed by atoms with van der Waals surface area (Å²) < 4.78 is 39.6. The van der Waals surface area contributed by atoms with Crippen LogP contribution in [0.4, 0.5) is 5.69 Å². The van der Waals surface area contributed by atoms with Crippen molar-refractivity contribution in [1.29, 1.82) is 0 Å². The van der Waals surface area contributed by atoms with E-state index in [9.17, 15) is 8.42 Å². The number of ether oxygens (including phenoxy) is 2. The first-order chi connectivity index (χ1) is 14.3. The summed E-state index contributed by atoms with van der Waals surface area (Å²) in [5, 5.41) is 0. The van der Waals surface area contributed by atoms with Crippen molar-refractivity contribution >= 4 is 21.7 Å². The molecule has 1 heterocycles. The van der Waals surface area contributed by atoms with Gasteiger partial charge in [-0.3, -0.25) is 0 Å². The van der Waals surface area contributed by atoms with Crippen LogP contribution in [-0.4, -0.2) is 59.7 Å². The van der Waals surface area contributed by atoms with Crippen molar-refractivity contribution in [2.24, 2.45) is 10.1 Å². The van der Waals surface area contributed by atoms with Crippen molar-refractivity contribution in [3.05, 3.63) is 47.5 Å². The Morgan fingerprint density at radius 2 is 1.67 bits per heavy atom. The molecule has 0 aliphatic carbocycles. The molecule has 162 valence electrons. The molecule has 0 saturated carbocycles. The van der Waals surface area contributed by atoms with Crippen LogP contribution in [0.1, 0.15) is 11.1 Å². The number of rotatable bonds is 5. The topological polar surface area (TPSA) is 97.5 Å². The number of guanidine groups is 1. The molecular formula is C21H28N4O4S. The van der Waals surface area contributed by atoms with Crippen LogP contribution >= 0.6 is 0 Å². The third-order valence-electron chi connectivity index (χ3n) is 5.39. The maximum Gasteiger partial charge on any atom is 0.285 e. The standard InChI is InChI=1S/C21H28N4O4S/c1-15-6-5-7-18(16(15)2)24-10-12-25(13-11-24)21(22)23-30(26,27)17-8-9-19(28-3)20(14-17)29-4/h5-9,14H,10-13H2,1-4H3,(H2,22,23). The predicted octanol–water partition coefficient (Wildman–Crippen LogP) is 2.15. The molecule has 1 aliphatic heterocycles. The molecule has 1 saturated heterocycles. The van der Waals surface area contributed by atoms with Gasteiger partial charge in [0.25, 0.3) is 10.0 Å². The lowest BCUT2D eigenvalue weighted by atomic mass is 10.1. The molecule has 0 amide bonds. The van der Waals surface area contributed by atoms with Gasteiger partial charge in [0, 0.05) is 37.9 Å². The summed E-state index contributed by atoms with van der Waals surface area (Å²) in [6.07, 6.45) is 0. The summed E-state index contributed by atoms with van der Waals surface area (Å²) in [5.74, 6) is 0.746. The van der Waals surface area contributed by atoms with E-state index < -0.39 is 10.0 Å². The van der Waals surface area contributed by atoms with E-state index in [2.05, 4.69) is 41.3 Å². The molecule has 2 aromatic rings. The number of anilines is 1. The highest BCUT2D eigenvalue weighted by atomic mass is 32.2. The normalized spacial score (nSPS) is 15.3. The molecule has 1 aliphatic rings. The van der Waals surface area contributed by atoms with Crippen LogP contribution in [0.15, 0.2) is 45.7 Å². The first kappa shape index (κ1) is 21.8. The molecule has 2 aromatic carbocycles. The van der Waals surface area contributed by atoms with Crippen LogP contribution in [0, 0.1) is 13.8 Å². The lowest BCUT2D eigenvalue weighted by Gasteiger charge is -2.37. The van der Waals surface area contributed by atoms with E-state index in [1.54, 1.807) is 4.90 Å². The molecule has 2 N–H and O–H groups in total. The number of benzene rings is 2. The number of nitrogens with two attached hydrogens (primary N) is 1. The Bertz CT molecular complexity index is 1040. The maximum atomic E-state index is 12.7. The van der Waals surface area contributed by atoms with E-state index in [1.165, 1.54) is 49.2 Å². The lowest BCUT2D eigenvalue weighted by molar-refractivity contribution is 0.354. The number of hydrogen-bond acceptors (Lipinski definition) is 5. The van der Waals surface area contributed by atoms with Gasteiger partial charge in [0.1, 0.15) is 0 Å². The average molecular weight is 433 g/mol. The van der Waals surface area contributed by atoms with Crippen molar-refractivity contribution in [1.82, 2.24) is 4.90 Å². The summed E-state index contributed by atoms with van der Waals surface area (Å²) in [6.45, 7) is 6.85. The van der Waals surface area contributed by atoms with Gasteiger partial charge in [-0.15, -0.1) is 4.40 Å². The van der Waals surface area contributed by atoms with Crippen LogP contribution in [-0.2, 0) is 10.0 Å². The van der Waals surface area contributed by atoms with Crippen LogP contribution in [0.25, 0.3) is 0 Å². The molecule has 30 heavy (non-hydrogen) atoms. The third kappa shape index (κ3) is 4.46. The summed E-state index contributed by atoms with van der Waals surface area (Å²) in [7, 11) is -1.04. The highest BCUT2D eigenvalue weighted by Gasteiger charge is 2.23. The number of hydrogen-bond donors (Lipinski definition) is 1. The Hall–Kier alpha value is -2.94. The minimum absolute atomic E-state index is 0.00267. The zero-order valence-electron chi connectivity index (χ0n) is 17.8. The van der Waals surface area contributed by atoms with Crippen molar-refractivity contribution in [2.45, 2.75) is 18.7 Å². The van der Waals surface area contributed by atoms with Gasteiger partial charge in [0.2, 0.25) is 5.96 Å². The molecule has 0 unspecified atom stereocenters. The lowest BCUT2D eigenvalue weighted by Crippen LogP contribution is -2.51. The van der Waals surface area contributed by atoms with Crippen LogP contribution in [0.3, 0.4) is 0 Å². The summed E-state index contributed by atoms with van der Waals surface area (Å²) in [6, 6.07) is 10.6. The number of piperazine rings is 1. The van der Waals surface area contributed by atoms with E-state index in [4.69, 9.17) is 15.2 Å². The smallest absolute Gasteiger partial charge is 0.285 e. The van der Waals surface area contributed by atoms with Gasteiger partial charge in [-0.1, -0.05) is 12.1 Å². The van der Waals surface area contributed by atoms with Crippen LogP contribution in [0.2, 0.25) is 0 Å². The van der Waals surface area contributed by atoms with Gasteiger partial charge in [0.15, 0.2) is 11.5 Å². The molecule has 3 rings (SSSR count). The second kappa shape index (κ2) is 8.83. The van der Waals surface area contributed by atoms with E-state index in [0.717, 1.165) is 13.1 Å². The Kier molecular flexibility index (Phi) is 6.40. The fraction of sp³-hybridized carbons (Fsp3) is 0.381. The molecule has 8 nitrogen and oxygen atoms in total. The SMILES string of the molecule is COc1ccc(S(=O)(=O)N=C(N)N2CCN(c3cccc(C)c3C)CC2)cc1OC. The second-order valence-corrected chi connectivity index (χ2v) is 8.74. The highest BCUT2D eigenvalue weighted by molar-refractivity contribution is 7.90. The van der Waals surface area contributed by atoms with Gasteiger partial charge < -0.3 is 25.0 Å². The molecule has 9 heteroatoms. The summed E-state index contributed by atoms with van der Waals surface area (Å²) in [4.78, 5) is 4.08. The number of aryl methyl sites for hydroxylation is 1. The van der Waals surface area contributed by atoms with E-state index >= 15 is 0 Å². The molecule has 0 spiro atoms. The van der Waals surface area contributed by atoms with E-state index in [1.807, 2.05) is 0 Å². The molecule has 0 aromatic heterocycles. The minimum Gasteiger partial charge on any atom is -0.493 e. The largest absolute Gasteiger partial charge is 0.493 e. The van der Waals surface area contributed by atoms with Gasteiger partial charge in [-0.25, -0.2) is 0 Å². The number of methoxy groups -OCH3 is 2. The predicted molar refractivity (Wildman–Crippen MR) is 118 cm³/mol. The monoisotopic (exact) mass is 432 g/mol. The highest BCUT2D eigenvalue weighted by Crippen LogP contribution is 2.30. The molecule has 0 bridgehead atoms. The summed E-state index contributed by atoms with van der Waals surface area (Å²) in [5.41, 5.74) is 9.76. The fourth-order valence-electron chi connectivity index (χ4n) is 3.47.